The van der Waals surface area contributed by atoms with Gasteiger partial charge >= 0.3 is 0 Å². The molecule has 4 heteroatoms. The fourth-order valence-corrected chi connectivity index (χ4v) is 2.00. The Morgan fingerprint density at radius 3 is 2.67 bits per heavy atom. The number of unbranched alkanes of at least 4 members (excludes halogenated alkanes) is 4. The van der Waals surface area contributed by atoms with E-state index in [0.29, 0.717) is 0 Å². The lowest BCUT2D eigenvalue weighted by Gasteiger charge is -2.11. The summed E-state index contributed by atoms with van der Waals surface area (Å²) in [6, 6.07) is 6.55. The van der Waals surface area contributed by atoms with Gasteiger partial charge in [0.1, 0.15) is 0 Å². The van der Waals surface area contributed by atoms with Crippen LogP contribution in [0.2, 0.25) is 0 Å². The van der Waals surface area contributed by atoms with E-state index < -0.39 is 0 Å². The highest BCUT2D eigenvalue weighted by Gasteiger charge is 2.10. The zero-order valence-electron chi connectivity index (χ0n) is 11.0. The van der Waals surface area contributed by atoms with Crippen LogP contribution in [0.4, 0.5) is 5.69 Å². The van der Waals surface area contributed by atoms with Gasteiger partial charge in [0.25, 0.3) is 5.69 Å². The van der Waals surface area contributed by atoms with Crippen molar-refractivity contribution in [3.05, 3.63) is 39.9 Å². The molecule has 18 heavy (non-hydrogen) atoms. The van der Waals surface area contributed by atoms with Gasteiger partial charge in [-0.1, -0.05) is 51.2 Å². The summed E-state index contributed by atoms with van der Waals surface area (Å²) >= 11 is 0. The molecule has 0 amide bonds. The average Bonchev–Trinajstić information content (AvgIpc) is 2.38. The van der Waals surface area contributed by atoms with Crippen LogP contribution in [0.1, 0.15) is 57.1 Å². The van der Waals surface area contributed by atoms with Gasteiger partial charge in [-0.05, 0) is 12.0 Å². The maximum absolute atomic E-state index is 10.7. The van der Waals surface area contributed by atoms with Gasteiger partial charge in [0.05, 0.1) is 4.92 Å². The number of non-ortho nitro benzene ring substituents is 1. The minimum absolute atomic E-state index is 0.0912. The van der Waals surface area contributed by atoms with Crippen LogP contribution < -0.4 is 5.73 Å². The lowest BCUT2D eigenvalue weighted by molar-refractivity contribution is -0.384. The third kappa shape index (κ3) is 4.84. The summed E-state index contributed by atoms with van der Waals surface area (Å²) in [4.78, 5) is 10.3. The molecule has 1 atom stereocenters. The zero-order valence-corrected chi connectivity index (χ0v) is 11.0. The van der Waals surface area contributed by atoms with Crippen LogP contribution in [0.3, 0.4) is 0 Å². The number of nitro benzene ring substituents is 1. The summed E-state index contributed by atoms with van der Waals surface area (Å²) in [5.74, 6) is 0. The molecule has 0 fully saturated rings. The second-order valence-electron chi connectivity index (χ2n) is 4.66. The summed E-state index contributed by atoms with van der Waals surface area (Å²) in [6.07, 6.45) is 6.92. The van der Waals surface area contributed by atoms with E-state index in [0.717, 1.165) is 18.4 Å². The number of rotatable bonds is 8. The monoisotopic (exact) mass is 250 g/mol. The number of nitro groups is 1. The van der Waals surface area contributed by atoms with E-state index >= 15 is 0 Å². The van der Waals surface area contributed by atoms with Gasteiger partial charge in [-0.2, -0.15) is 0 Å². The van der Waals surface area contributed by atoms with E-state index in [2.05, 4.69) is 6.92 Å². The van der Waals surface area contributed by atoms with Gasteiger partial charge in [0, 0.05) is 18.2 Å². The van der Waals surface area contributed by atoms with Crippen LogP contribution in [0, 0.1) is 10.1 Å². The van der Waals surface area contributed by atoms with E-state index in [1.54, 1.807) is 12.1 Å². The Labute approximate surface area is 108 Å². The fourth-order valence-electron chi connectivity index (χ4n) is 2.00. The molecule has 0 aromatic heterocycles. The summed E-state index contributed by atoms with van der Waals surface area (Å²) in [6.45, 7) is 2.19. The minimum atomic E-state index is -0.378. The summed E-state index contributed by atoms with van der Waals surface area (Å²) < 4.78 is 0. The van der Waals surface area contributed by atoms with Crippen molar-refractivity contribution in [1.82, 2.24) is 0 Å². The second kappa shape index (κ2) is 7.82. The van der Waals surface area contributed by atoms with Crippen LogP contribution in [0.25, 0.3) is 0 Å². The van der Waals surface area contributed by atoms with Gasteiger partial charge in [-0.15, -0.1) is 0 Å². The number of hydrogen-bond donors (Lipinski definition) is 1. The van der Waals surface area contributed by atoms with Crippen molar-refractivity contribution in [2.24, 2.45) is 5.73 Å². The third-order valence-corrected chi connectivity index (χ3v) is 3.13. The lowest BCUT2D eigenvalue weighted by atomic mass is 10.0. The van der Waals surface area contributed by atoms with Crippen LogP contribution in [0.15, 0.2) is 24.3 Å². The predicted molar refractivity (Wildman–Crippen MR) is 73.4 cm³/mol. The van der Waals surface area contributed by atoms with Crippen LogP contribution >= 0.6 is 0 Å². The molecule has 0 aliphatic carbocycles. The van der Waals surface area contributed by atoms with Gasteiger partial charge in [-0.3, -0.25) is 10.1 Å². The van der Waals surface area contributed by atoms with E-state index in [1.807, 2.05) is 6.07 Å². The van der Waals surface area contributed by atoms with E-state index in [4.69, 9.17) is 5.73 Å². The predicted octanol–water partition coefficient (Wildman–Crippen LogP) is 3.96. The minimum Gasteiger partial charge on any atom is -0.324 e. The highest BCUT2D eigenvalue weighted by molar-refractivity contribution is 5.35. The second-order valence-corrected chi connectivity index (χ2v) is 4.66. The van der Waals surface area contributed by atoms with E-state index in [-0.39, 0.29) is 16.7 Å². The van der Waals surface area contributed by atoms with Crippen molar-refractivity contribution in [3.8, 4) is 0 Å². The van der Waals surface area contributed by atoms with E-state index in [9.17, 15) is 10.1 Å². The Bertz CT molecular complexity index is 380. The lowest BCUT2D eigenvalue weighted by Crippen LogP contribution is -2.10. The van der Waals surface area contributed by atoms with Crippen LogP contribution in [0.5, 0.6) is 0 Å². The normalized spacial score (nSPS) is 12.3. The molecule has 1 rings (SSSR count). The molecule has 0 saturated carbocycles. The Balaban J connectivity index is 2.43. The Hall–Kier alpha value is -1.42. The molecule has 2 N–H and O–H groups in total. The fraction of sp³-hybridized carbons (Fsp3) is 0.571. The molecule has 1 aromatic rings. The molecule has 100 valence electrons. The van der Waals surface area contributed by atoms with Crippen molar-refractivity contribution in [2.45, 2.75) is 51.5 Å². The summed E-state index contributed by atoms with van der Waals surface area (Å²) in [5, 5.41) is 10.7. The Morgan fingerprint density at radius 2 is 2.00 bits per heavy atom. The number of hydrogen-bond acceptors (Lipinski definition) is 3. The Kier molecular flexibility index (Phi) is 6.36. The third-order valence-electron chi connectivity index (χ3n) is 3.13. The first kappa shape index (κ1) is 14.6. The van der Waals surface area contributed by atoms with Crippen molar-refractivity contribution in [1.29, 1.82) is 0 Å². The van der Waals surface area contributed by atoms with Crippen LogP contribution in [-0.4, -0.2) is 4.92 Å². The molecule has 0 heterocycles. The van der Waals surface area contributed by atoms with Crippen molar-refractivity contribution in [3.63, 3.8) is 0 Å². The molecule has 0 radical (unpaired) electrons. The molecule has 1 unspecified atom stereocenters. The quantitative estimate of drug-likeness (QED) is 0.431. The number of nitrogens with zero attached hydrogens (tertiary/aromatic N) is 1. The maximum Gasteiger partial charge on any atom is 0.269 e. The van der Waals surface area contributed by atoms with E-state index in [1.165, 1.54) is 31.7 Å². The molecule has 0 spiro atoms. The molecule has 4 nitrogen and oxygen atoms in total. The molecule has 0 aliphatic rings. The van der Waals surface area contributed by atoms with Gasteiger partial charge in [-0.25, -0.2) is 0 Å². The maximum atomic E-state index is 10.7. The highest BCUT2D eigenvalue weighted by Crippen LogP contribution is 2.21. The molecular weight excluding hydrogens is 228 g/mol. The largest absolute Gasteiger partial charge is 0.324 e. The first-order valence-corrected chi connectivity index (χ1v) is 6.65. The summed E-state index contributed by atoms with van der Waals surface area (Å²) in [7, 11) is 0. The van der Waals surface area contributed by atoms with Gasteiger partial charge < -0.3 is 5.73 Å². The number of nitrogens with two attached hydrogens (primary N) is 1. The first-order chi connectivity index (χ1) is 8.65. The van der Waals surface area contributed by atoms with Crippen molar-refractivity contribution < 1.29 is 4.92 Å². The molecule has 0 bridgehead atoms. The highest BCUT2D eigenvalue weighted by atomic mass is 16.6. The molecular formula is C14H22N2O2. The number of benzene rings is 1. The molecule has 1 aromatic carbocycles. The van der Waals surface area contributed by atoms with Gasteiger partial charge in [0.2, 0.25) is 0 Å². The first-order valence-electron chi connectivity index (χ1n) is 6.65. The zero-order chi connectivity index (χ0) is 13.4. The standard InChI is InChI=1S/C14H22N2O2/c1-2-3-4-5-6-10-14(15)12-8-7-9-13(11-12)16(17)18/h7-9,11,14H,2-6,10,15H2,1H3. The average molecular weight is 250 g/mol. The molecule has 0 saturated heterocycles. The SMILES string of the molecule is CCCCCCCC(N)c1cccc([N+](=O)[O-])c1. The molecule has 0 aliphatic heterocycles. The Morgan fingerprint density at radius 1 is 1.28 bits per heavy atom. The summed E-state index contributed by atoms with van der Waals surface area (Å²) in [5.41, 5.74) is 7.04. The van der Waals surface area contributed by atoms with Crippen LogP contribution in [-0.2, 0) is 0 Å². The van der Waals surface area contributed by atoms with Crippen molar-refractivity contribution >= 4 is 5.69 Å². The topological polar surface area (TPSA) is 69.2 Å². The van der Waals surface area contributed by atoms with Gasteiger partial charge in [0.15, 0.2) is 0 Å². The smallest absolute Gasteiger partial charge is 0.269 e. The van der Waals surface area contributed by atoms with Crippen molar-refractivity contribution in [2.75, 3.05) is 0 Å².